The quantitative estimate of drug-likeness (QED) is 0.702. The van der Waals surface area contributed by atoms with Crippen LogP contribution in [-0.2, 0) is 13.6 Å². The zero-order valence-corrected chi connectivity index (χ0v) is 12.5. The summed E-state index contributed by atoms with van der Waals surface area (Å²) in [5.74, 6) is 0.524. The number of pyridine rings is 1. The van der Waals surface area contributed by atoms with Crippen LogP contribution >= 0.6 is 11.6 Å². The summed E-state index contributed by atoms with van der Waals surface area (Å²) in [4.78, 5) is 18.1. The summed E-state index contributed by atoms with van der Waals surface area (Å²) in [6.45, 7) is 0.455. The zero-order valence-electron chi connectivity index (χ0n) is 11.7. The van der Waals surface area contributed by atoms with E-state index in [0.717, 1.165) is 22.2 Å². The van der Waals surface area contributed by atoms with Crippen molar-refractivity contribution in [2.75, 3.05) is 10.2 Å². The Bertz CT molecular complexity index is 904. The largest absolute Gasteiger partial charge is 0.327 e. The van der Waals surface area contributed by atoms with Gasteiger partial charge in [0.2, 0.25) is 0 Å². The van der Waals surface area contributed by atoms with Gasteiger partial charge in [-0.1, -0.05) is 17.7 Å². The number of hydrogen-bond donors (Lipinski definition) is 1. The predicted molar refractivity (Wildman–Crippen MR) is 85.2 cm³/mol. The first-order valence-electron chi connectivity index (χ1n) is 6.77. The third-order valence-electron chi connectivity index (χ3n) is 3.66. The third-order valence-corrected chi connectivity index (χ3v) is 3.87. The van der Waals surface area contributed by atoms with E-state index in [9.17, 15) is 4.79 Å². The number of aryl methyl sites for hydroxylation is 1. The maximum Gasteiger partial charge on any atom is 0.327 e. The first-order valence-corrected chi connectivity index (χ1v) is 7.15. The van der Waals surface area contributed by atoms with Gasteiger partial charge < -0.3 is 0 Å². The molecule has 0 atom stereocenters. The molecule has 2 amide bonds. The van der Waals surface area contributed by atoms with Crippen molar-refractivity contribution < 1.29 is 4.79 Å². The molecule has 1 aliphatic rings. The van der Waals surface area contributed by atoms with E-state index in [1.54, 1.807) is 15.6 Å². The number of nitrogens with zero attached hydrogens (tertiary/aromatic N) is 4. The molecular formula is C15H12ClN5O. The number of rotatable bonds is 1. The second-order valence-corrected chi connectivity index (χ2v) is 5.59. The van der Waals surface area contributed by atoms with Gasteiger partial charge in [-0.2, -0.15) is 5.10 Å². The minimum atomic E-state index is -0.217. The third kappa shape index (κ3) is 2.08. The van der Waals surface area contributed by atoms with Gasteiger partial charge in [-0.3, -0.25) is 14.9 Å². The summed E-state index contributed by atoms with van der Waals surface area (Å²) in [6.07, 6.45) is 1.93. The number of benzene rings is 1. The highest BCUT2D eigenvalue weighted by Crippen LogP contribution is 2.29. The molecule has 22 heavy (non-hydrogen) atoms. The summed E-state index contributed by atoms with van der Waals surface area (Å²) < 4.78 is 1.76. The van der Waals surface area contributed by atoms with E-state index in [4.69, 9.17) is 11.6 Å². The van der Waals surface area contributed by atoms with Gasteiger partial charge in [0, 0.05) is 29.9 Å². The summed E-state index contributed by atoms with van der Waals surface area (Å²) in [5, 5.41) is 8.47. The Morgan fingerprint density at radius 1 is 1.27 bits per heavy atom. The number of hydrogen-bond acceptors (Lipinski definition) is 3. The highest BCUT2D eigenvalue weighted by molar-refractivity contribution is 6.29. The average Bonchev–Trinajstić information content (AvgIpc) is 2.85. The smallest absolute Gasteiger partial charge is 0.292 e. The number of halogens is 1. The molecule has 4 rings (SSSR count). The van der Waals surface area contributed by atoms with Crippen molar-refractivity contribution in [2.45, 2.75) is 6.54 Å². The van der Waals surface area contributed by atoms with E-state index < -0.39 is 0 Å². The molecule has 7 heteroatoms. The number of fused-ring (bicyclic) bond motifs is 2. The lowest BCUT2D eigenvalue weighted by molar-refractivity contribution is 0.256. The van der Waals surface area contributed by atoms with Crippen LogP contribution in [0, 0.1) is 0 Å². The van der Waals surface area contributed by atoms with Gasteiger partial charge in [-0.05, 0) is 24.3 Å². The summed E-state index contributed by atoms with van der Waals surface area (Å²) in [5.41, 5.74) is 2.64. The van der Waals surface area contributed by atoms with Gasteiger partial charge in [-0.15, -0.1) is 0 Å². The molecule has 0 saturated heterocycles. The molecule has 0 saturated carbocycles. The number of anilines is 2. The van der Waals surface area contributed by atoms with E-state index in [2.05, 4.69) is 15.4 Å². The topological polar surface area (TPSA) is 63.1 Å². The predicted octanol–water partition coefficient (Wildman–Crippen LogP) is 3.17. The van der Waals surface area contributed by atoms with Crippen molar-refractivity contribution in [3.63, 3.8) is 0 Å². The SMILES string of the molecule is Cn1cc2cc(N3Cc4ccc(Cl)nc4NC3=O)ccc2n1. The fourth-order valence-corrected chi connectivity index (χ4v) is 2.77. The van der Waals surface area contributed by atoms with Gasteiger partial charge in [0.1, 0.15) is 11.0 Å². The number of aromatic nitrogens is 3. The van der Waals surface area contributed by atoms with Crippen LogP contribution in [0.2, 0.25) is 5.15 Å². The van der Waals surface area contributed by atoms with Crippen LogP contribution in [0.4, 0.5) is 16.3 Å². The van der Waals surface area contributed by atoms with Crippen molar-refractivity contribution >= 4 is 40.0 Å². The first kappa shape index (κ1) is 13.1. The van der Waals surface area contributed by atoms with Gasteiger partial charge in [0.05, 0.1) is 12.1 Å². The Balaban J connectivity index is 1.74. The summed E-state index contributed by atoms with van der Waals surface area (Å²) in [7, 11) is 1.87. The van der Waals surface area contributed by atoms with Crippen molar-refractivity contribution in [3.05, 3.63) is 47.2 Å². The van der Waals surface area contributed by atoms with Crippen LogP contribution in [-0.4, -0.2) is 20.8 Å². The van der Waals surface area contributed by atoms with Gasteiger partial charge >= 0.3 is 6.03 Å². The monoisotopic (exact) mass is 313 g/mol. The second-order valence-electron chi connectivity index (χ2n) is 5.20. The molecule has 0 unspecified atom stereocenters. The summed E-state index contributed by atoms with van der Waals surface area (Å²) in [6, 6.07) is 9.14. The van der Waals surface area contributed by atoms with E-state index in [-0.39, 0.29) is 6.03 Å². The van der Waals surface area contributed by atoms with E-state index in [0.29, 0.717) is 17.5 Å². The lowest BCUT2D eigenvalue weighted by Crippen LogP contribution is -2.39. The molecule has 0 fully saturated rings. The Kier molecular flexibility index (Phi) is 2.80. The van der Waals surface area contributed by atoms with Crippen LogP contribution in [0.1, 0.15) is 5.56 Å². The highest BCUT2D eigenvalue weighted by atomic mass is 35.5. The number of carbonyl (C=O) groups is 1. The zero-order chi connectivity index (χ0) is 15.3. The first-order chi connectivity index (χ1) is 10.6. The molecule has 0 spiro atoms. The Labute approximate surface area is 131 Å². The van der Waals surface area contributed by atoms with E-state index >= 15 is 0 Å². The second kappa shape index (κ2) is 4.71. The molecule has 2 aromatic heterocycles. The maximum absolute atomic E-state index is 12.3. The lowest BCUT2D eigenvalue weighted by atomic mass is 10.1. The Hall–Kier alpha value is -2.60. The van der Waals surface area contributed by atoms with Crippen molar-refractivity contribution in [3.8, 4) is 0 Å². The van der Waals surface area contributed by atoms with Crippen LogP contribution in [0.15, 0.2) is 36.5 Å². The van der Waals surface area contributed by atoms with Crippen LogP contribution in [0.25, 0.3) is 10.9 Å². The fraction of sp³-hybridized carbons (Fsp3) is 0.133. The van der Waals surface area contributed by atoms with Gasteiger partial charge in [0.15, 0.2) is 0 Å². The average molecular weight is 314 g/mol. The van der Waals surface area contributed by atoms with Crippen molar-refractivity contribution in [1.29, 1.82) is 0 Å². The van der Waals surface area contributed by atoms with Gasteiger partial charge in [0.25, 0.3) is 0 Å². The molecule has 0 radical (unpaired) electrons. The number of nitrogens with one attached hydrogen (secondary N) is 1. The standard InChI is InChI=1S/C15H12ClN5O/c1-20-7-10-6-11(3-4-12(10)19-20)21-8-9-2-5-13(16)17-14(9)18-15(21)22/h2-7H,8H2,1H3,(H,17,18,22). The number of carbonyl (C=O) groups excluding carboxylic acids is 1. The molecule has 6 nitrogen and oxygen atoms in total. The number of amides is 2. The van der Waals surface area contributed by atoms with Crippen LogP contribution in [0.5, 0.6) is 0 Å². The molecule has 1 aromatic carbocycles. The normalized spacial score (nSPS) is 14.1. The molecule has 110 valence electrons. The number of urea groups is 1. The Morgan fingerprint density at radius 2 is 2.14 bits per heavy atom. The highest BCUT2D eigenvalue weighted by Gasteiger charge is 2.25. The molecule has 3 heterocycles. The van der Waals surface area contributed by atoms with E-state index in [1.165, 1.54) is 0 Å². The molecule has 1 N–H and O–H groups in total. The van der Waals surface area contributed by atoms with E-state index in [1.807, 2.05) is 37.5 Å². The molecule has 3 aromatic rings. The minimum absolute atomic E-state index is 0.217. The van der Waals surface area contributed by atoms with Gasteiger partial charge in [-0.25, -0.2) is 9.78 Å². The molecule has 0 bridgehead atoms. The van der Waals surface area contributed by atoms with Crippen molar-refractivity contribution in [2.24, 2.45) is 7.05 Å². The Morgan fingerprint density at radius 3 is 3.00 bits per heavy atom. The maximum atomic E-state index is 12.3. The summed E-state index contributed by atoms with van der Waals surface area (Å²) >= 11 is 5.86. The van der Waals surface area contributed by atoms with Crippen molar-refractivity contribution in [1.82, 2.24) is 14.8 Å². The van der Waals surface area contributed by atoms with Crippen LogP contribution < -0.4 is 10.2 Å². The fourth-order valence-electron chi connectivity index (χ4n) is 2.62. The molecule has 0 aliphatic carbocycles. The molecular weight excluding hydrogens is 302 g/mol. The minimum Gasteiger partial charge on any atom is -0.292 e. The van der Waals surface area contributed by atoms with Crippen LogP contribution in [0.3, 0.4) is 0 Å². The lowest BCUT2D eigenvalue weighted by Gasteiger charge is -2.28. The molecule has 1 aliphatic heterocycles.